The molecule has 0 saturated heterocycles. The third-order valence-electron chi connectivity index (χ3n) is 2.08. The number of hydrogen-bond acceptors (Lipinski definition) is 5. The van der Waals surface area contributed by atoms with Crippen molar-refractivity contribution < 1.29 is 4.92 Å². The lowest BCUT2D eigenvalue weighted by Crippen LogP contribution is -2.22. The van der Waals surface area contributed by atoms with Gasteiger partial charge in [-0.1, -0.05) is 0 Å². The average molecular weight is 222 g/mol. The molecular weight excluding hydrogens is 216 g/mol. The summed E-state index contributed by atoms with van der Waals surface area (Å²) in [5.41, 5.74) is 3.64. The van der Waals surface area contributed by atoms with Gasteiger partial charge in [0, 0.05) is 6.07 Å². The molecule has 8 heteroatoms. The molecule has 0 atom stereocenters. The third-order valence-corrected chi connectivity index (χ3v) is 2.08. The smallest absolute Gasteiger partial charge is 0.326 e. The van der Waals surface area contributed by atoms with E-state index in [1.165, 1.54) is 0 Å². The molecule has 8 nitrogen and oxygen atoms in total. The lowest BCUT2D eigenvalue weighted by molar-refractivity contribution is -0.383. The standard InChI is InChI=1S/C8H6N4O4/c9-4-1-3-5(2-6(4)12(15)16)10-8(14)11-7(3)13/h1-2H,9H2,(H2,10,11,13,14). The Morgan fingerprint density at radius 1 is 1.25 bits per heavy atom. The molecule has 0 radical (unpaired) electrons. The van der Waals surface area contributed by atoms with Gasteiger partial charge in [0.15, 0.2) is 0 Å². The normalized spacial score (nSPS) is 10.5. The van der Waals surface area contributed by atoms with Crippen LogP contribution in [0.25, 0.3) is 10.9 Å². The second-order valence-corrected chi connectivity index (χ2v) is 3.12. The fourth-order valence-corrected chi connectivity index (χ4v) is 1.38. The van der Waals surface area contributed by atoms with E-state index in [4.69, 9.17) is 5.73 Å². The molecule has 0 unspecified atom stereocenters. The maximum atomic E-state index is 11.3. The van der Waals surface area contributed by atoms with Crippen LogP contribution in [0.1, 0.15) is 0 Å². The summed E-state index contributed by atoms with van der Waals surface area (Å²) in [5.74, 6) is 0. The summed E-state index contributed by atoms with van der Waals surface area (Å²) in [5, 5.41) is 10.7. The Balaban J connectivity index is 2.95. The number of aromatic amines is 2. The summed E-state index contributed by atoms with van der Waals surface area (Å²) in [6.45, 7) is 0. The van der Waals surface area contributed by atoms with Gasteiger partial charge >= 0.3 is 5.69 Å². The van der Waals surface area contributed by atoms with Crippen LogP contribution >= 0.6 is 0 Å². The van der Waals surface area contributed by atoms with E-state index in [9.17, 15) is 19.7 Å². The monoisotopic (exact) mass is 222 g/mol. The zero-order valence-electron chi connectivity index (χ0n) is 7.81. The molecule has 1 aromatic heterocycles. The summed E-state index contributed by atoms with van der Waals surface area (Å²) in [6.07, 6.45) is 0. The number of nitro benzene ring substituents is 1. The number of benzene rings is 1. The molecule has 0 amide bonds. The minimum absolute atomic E-state index is 0.0784. The number of H-pyrrole nitrogens is 2. The molecule has 2 rings (SSSR count). The summed E-state index contributed by atoms with van der Waals surface area (Å²) in [4.78, 5) is 36.5. The van der Waals surface area contributed by atoms with Crippen LogP contribution in [-0.2, 0) is 0 Å². The molecule has 0 spiro atoms. The first kappa shape index (κ1) is 9.90. The number of nitrogens with two attached hydrogens (primary N) is 1. The SMILES string of the molecule is Nc1cc2c(=O)[nH]c(=O)[nH]c2cc1[N+](=O)[O-]. The molecule has 4 N–H and O–H groups in total. The van der Waals surface area contributed by atoms with Gasteiger partial charge in [-0.25, -0.2) is 4.79 Å². The number of rotatable bonds is 1. The van der Waals surface area contributed by atoms with E-state index < -0.39 is 16.2 Å². The molecule has 2 aromatic rings. The fourth-order valence-electron chi connectivity index (χ4n) is 1.38. The predicted octanol–water partition coefficient (Wildman–Crippen LogP) is -0.293. The second-order valence-electron chi connectivity index (χ2n) is 3.12. The maximum absolute atomic E-state index is 11.3. The molecule has 1 heterocycles. The average Bonchev–Trinajstić information content (AvgIpc) is 2.18. The van der Waals surface area contributed by atoms with E-state index in [0.717, 1.165) is 12.1 Å². The van der Waals surface area contributed by atoms with Crippen molar-refractivity contribution in [3.05, 3.63) is 43.1 Å². The lowest BCUT2D eigenvalue weighted by atomic mass is 10.2. The second kappa shape index (κ2) is 3.19. The molecule has 1 aromatic carbocycles. The van der Waals surface area contributed by atoms with E-state index in [0.29, 0.717) is 0 Å². The van der Waals surface area contributed by atoms with Gasteiger partial charge in [0.2, 0.25) is 0 Å². The van der Waals surface area contributed by atoms with Crippen LogP contribution in [0.15, 0.2) is 21.7 Å². The number of hydrogen-bond donors (Lipinski definition) is 3. The highest BCUT2D eigenvalue weighted by Gasteiger charge is 2.14. The van der Waals surface area contributed by atoms with Crippen molar-refractivity contribution in [2.45, 2.75) is 0 Å². The van der Waals surface area contributed by atoms with E-state index in [1.807, 2.05) is 4.98 Å². The third kappa shape index (κ3) is 1.41. The molecule has 0 fully saturated rings. The van der Waals surface area contributed by atoms with E-state index in [2.05, 4.69) is 4.98 Å². The van der Waals surface area contributed by atoms with Gasteiger partial charge in [0.1, 0.15) is 5.69 Å². The topological polar surface area (TPSA) is 135 Å². The molecule has 0 saturated carbocycles. The summed E-state index contributed by atoms with van der Waals surface area (Å²) < 4.78 is 0. The zero-order chi connectivity index (χ0) is 11.9. The predicted molar refractivity (Wildman–Crippen MR) is 56.3 cm³/mol. The maximum Gasteiger partial charge on any atom is 0.326 e. The Labute approximate surface area is 86.9 Å². The largest absolute Gasteiger partial charge is 0.393 e. The van der Waals surface area contributed by atoms with Crippen molar-refractivity contribution in [1.82, 2.24) is 9.97 Å². The fraction of sp³-hybridized carbons (Fsp3) is 0. The van der Waals surface area contributed by atoms with E-state index in [1.54, 1.807) is 0 Å². The minimum Gasteiger partial charge on any atom is -0.393 e. The van der Waals surface area contributed by atoms with E-state index >= 15 is 0 Å². The number of nitrogens with zero attached hydrogens (tertiary/aromatic N) is 1. The summed E-state index contributed by atoms with van der Waals surface area (Å²) in [7, 11) is 0. The van der Waals surface area contributed by atoms with Crippen molar-refractivity contribution in [2.24, 2.45) is 0 Å². The first-order chi connectivity index (χ1) is 7.49. The Morgan fingerprint density at radius 3 is 2.56 bits per heavy atom. The number of nitrogen functional groups attached to an aromatic ring is 1. The van der Waals surface area contributed by atoms with Crippen LogP contribution in [0.5, 0.6) is 0 Å². The highest BCUT2D eigenvalue weighted by molar-refractivity contribution is 5.85. The quantitative estimate of drug-likeness (QED) is 0.346. The first-order valence-corrected chi connectivity index (χ1v) is 4.19. The highest BCUT2D eigenvalue weighted by Crippen LogP contribution is 2.24. The Bertz CT molecular complexity index is 699. The van der Waals surface area contributed by atoms with Gasteiger partial charge in [-0.2, -0.15) is 0 Å². The van der Waals surface area contributed by atoms with Gasteiger partial charge < -0.3 is 10.7 Å². The van der Waals surface area contributed by atoms with Crippen LogP contribution in [0.4, 0.5) is 11.4 Å². The number of nitrogens with one attached hydrogen (secondary N) is 2. The highest BCUT2D eigenvalue weighted by atomic mass is 16.6. The van der Waals surface area contributed by atoms with E-state index in [-0.39, 0.29) is 22.3 Å². The Hall–Kier alpha value is -2.64. The minimum atomic E-state index is -0.725. The summed E-state index contributed by atoms with van der Waals surface area (Å²) >= 11 is 0. The van der Waals surface area contributed by atoms with Crippen LogP contribution in [0.2, 0.25) is 0 Å². The number of aromatic nitrogens is 2. The van der Waals surface area contributed by atoms with Crippen LogP contribution in [-0.4, -0.2) is 14.9 Å². The Morgan fingerprint density at radius 2 is 1.94 bits per heavy atom. The molecule has 0 bridgehead atoms. The Kier molecular flexibility index (Phi) is 1.97. The van der Waals surface area contributed by atoms with Gasteiger partial charge in [-0.3, -0.25) is 19.9 Å². The number of anilines is 1. The van der Waals surface area contributed by atoms with Crippen molar-refractivity contribution in [1.29, 1.82) is 0 Å². The van der Waals surface area contributed by atoms with Crippen LogP contribution < -0.4 is 17.0 Å². The van der Waals surface area contributed by atoms with Crippen LogP contribution in [0, 0.1) is 10.1 Å². The molecule has 0 aliphatic carbocycles. The number of fused-ring (bicyclic) bond motifs is 1. The lowest BCUT2D eigenvalue weighted by Gasteiger charge is -1.99. The summed E-state index contributed by atoms with van der Waals surface area (Å²) in [6, 6.07) is 2.21. The molecule has 16 heavy (non-hydrogen) atoms. The van der Waals surface area contributed by atoms with Gasteiger partial charge in [-0.05, 0) is 6.07 Å². The molecule has 82 valence electrons. The van der Waals surface area contributed by atoms with Gasteiger partial charge in [-0.15, -0.1) is 0 Å². The molecular formula is C8H6N4O4. The van der Waals surface area contributed by atoms with Crippen molar-refractivity contribution in [3.8, 4) is 0 Å². The van der Waals surface area contributed by atoms with Crippen molar-refractivity contribution in [3.63, 3.8) is 0 Å². The van der Waals surface area contributed by atoms with Gasteiger partial charge in [0.05, 0.1) is 15.8 Å². The number of nitro groups is 1. The molecule has 0 aliphatic heterocycles. The van der Waals surface area contributed by atoms with Gasteiger partial charge in [0.25, 0.3) is 11.2 Å². The van der Waals surface area contributed by atoms with Crippen LogP contribution in [0.3, 0.4) is 0 Å². The van der Waals surface area contributed by atoms with Crippen molar-refractivity contribution >= 4 is 22.3 Å². The molecule has 0 aliphatic rings. The zero-order valence-corrected chi connectivity index (χ0v) is 7.81. The first-order valence-electron chi connectivity index (χ1n) is 4.19. The van der Waals surface area contributed by atoms with Crippen molar-refractivity contribution in [2.75, 3.05) is 5.73 Å².